The SMILES string of the molecule is NS(=O)(=O)N1CCN(S(=O)(=O)N2CCOCC2)CC1. The van der Waals surface area contributed by atoms with E-state index in [2.05, 4.69) is 0 Å². The zero-order valence-electron chi connectivity index (χ0n) is 10.4. The van der Waals surface area contributed by atoms with Crippen LogP contribution in [0.2, 0.25) is 0 Å². The maximum atomic E-state index is 12.3. The summed E-state index contributed by atoms with van der Waals surface area (Å²) in [5.41, 5.74) is 0. The second-order valence-electron chi connectivity index (χ2n) is 4.36. The molecule has 0 aromatic heterocycles. The first-order valence-corrected chi connectivity index (χ1v) is 8.82. The fraction of sp³-hybridized carbons (Fsp3) is 1.00. The molecular formula is C8H18N4O5S2. The van der Waals surface area contributed by atoms with Gasteiger partial charge in [-0.2, -0.15) is 29.8 Å². The van der Waals surface area contributed by atoms with Crippen molar-refractivity contribution in [2.24, 2.45) is 5.14 Å². The number of ether oxygens (including phenoxy) is 1. The first-order chi connectivity index (χ1) is 8.82. The topological polar surface area (TPSA) is 113 Å². The molecule has 11 heteroatoms. The maximum Gasteiger partial charge on any atom is 0.282 e. The van der Waals surface area contributed by atoms with Crippen molar-refractivity contribution in [1.29, 1.82) is 0 Å². The van der Waals surface area contributed by atoms with E-state index < -0.39 is 20.4 Å². The van der Waals surface area contributed by atoms with Crippen LogP contribution >= 0.6 is 0 Å². The summed E-state index contributed by atoms with van der Waals surface area (Å²) in [7, 11) is -7.27. The van der Waals surface area contributed by atoms with Crippen LogP contribution in [0.15, 0.2) is 0 Å². The van der Waals surface area contributed by atoms with Crippen molar-refractivity contribution < 1.29 is 21.6 Å². The predicted molar refractivity (Wildman–Crippen MR) is 67.6 cm³/mol. The lowest BCUT2D eigenvalue weighted by atomic mass is 10.4. The van der Waals surface area contributed by atoms with E-state index in [9.17, 15) is 16.8 Å². The molecule has 2 aliphatic rings. The zero-order valence-corrected chi connectivity index (χ0v) is 12.1. The van der Waals surface area contributed by atoms with Crippen molar-refractivity contribution in [3.8, 4) is 0 Å². The quantitative estimate of drug-likeness (QED) is 0.613. The largest absolute Gasteiger partial charge is 0.379 e. The van der Waals surface area contributed by atoms with Crippen molar-refractivity contribution in [3.05, 3.63) is 0 Å². The molecule has 0 unspecified atom stereocenters. The molecule has 0 atom stereocenters. The molecule has 2 N–H and O–H groups in total. The Kier molecular flexibility index (Phi) is 4.45. The van der Waals surface area contributed by atoms with Gasteiger partial charge in [0.05, 0.1) is 13.2 Å². The molecule has 0 amide bonds. The van der Waals surface area contributed by atoms with Crippen molar-refractivity contribution in [1.82, 2.24) is 12.9 Å². The number of hydrogen-bond donors (Lipinski definition) is 1. The minimum atomic E-state index is -3.74. The third kappa shape index (κ3) is 3.42. The molecule has 2 aliphatic heterocycles. The third-order valence-electron chi connectivity index (χ3n) is 3.18. The Bertz CT molecular complexity index is 505. The number of morpholine rings is 1. The molecule has 0 bridgehead atoms. The van der Waals surface area contributed by atoms with Gasteiger partial charge in [-0.1, -0.05) is 0 Å². The highest BCUT2D eigenvalue weighted by Gasteiger charge is 2.35. The summed E-state index contributed by atoms with van der Waals surface area (Å²) in [5.74, 6) is 0. The zero-order chi connectivity index (χ0) is 14.1. The molecule has 2 saturated heterocycles. The average Bonchev–Trinajstić information content (AvgIpc) is 2.39. The van der Waals surface area contributed by atoms with Gasteiger partial charge < -0.3 is 4.74 Å². The Morgan fingerprint density at radius 1 is 0.737 bits per heavy atom. The van der Waals surface area contributed by atoms with Gasteiger partial charge in [-0.3, -0.25) is 0 Å². The molecule has 2 heterocycles. The average molecular weight is 314 g/mol. The Morgan fingerprint density at radius 3 is 1.63 bits per heavy atom. The van der Waals surface area contributed by atoms with Crippen LogP contribution in [-0.2, 0) is 25.2 Å². The highest BCUT2D eigenvalue weighted by Crippen LogP contribution is 2.14. The van der Waals surface area contributed by atoms with Crippen LogP contribution in [0.3, 0.4) is 0 Å². The summed E-state index contributed by atoms with van der Waals surface area (Å²) in [6.07, 6.45) is 0. The summed E-state index contributed by atoms with van der Waals surface area (Å²) in [4.78, 5) is 0. The van der Waals surface area contributed by atoms with Gasteiger partial charge in [0, 0.05) is 39.3 Å². The highest BCUT2D eigenvalue weighted by molar-refractivity contribution is 7.87. The van der Waals surface area contributed by atoms with Crippen molar-refractivity contribution in [2.45, 2.75) is 0 Å². The first kappa shape index (κ1) is 15.1. The van der Waals surface area contributed by atoms with Crippen molar-refractivity contribution in [2.75, 3.05) is 52.5 Å². The van der Waals surface area contributed by atoms with Crippen molar-refractivity contribution in [3.63, 3.8) is 0 Å². The molecule has 0 aliphatic carbocycles. The Hall–Kier alpha value is -0.300. The van der Waals surface area contributed by atoms with Crippen LogP contribution < -0.4 is 5.14 Å². The van der Waals surface area contributed by atoms with Gasteiger partial charge in [-0.05, 0) is 0 Å². The maximum absolute atomic E-state index is 12.3. The van der Waals surface area contributed by atoms with Crippen LogP contribution in [0.4, 0.5) is 0 Å². The lowest BCUT2D eigenvalue weighted by Gasteiger charge is -2.36. The first-order valence-electron chi connectivity index (χ1n) is 5.92. The second kappa shape index (κ2) is 5.60. The summed E-state index contributed by atoms with van der Waals surface area (Å²) < 4.78 is 55.7. The van der Waals surface area contributed by atoms with Gasteiger partial charge in [-0.15, -0.1) is 0 Å². The molecule has 19 heavy (non-hydrogen) atoms. The van der Waals surface area contributed by atoms with E-state index in [-0.39, 0.29) is 26.2 Å². The molecule has 0 saturated carbocycles. The highest BCUT2D eigenvalue weighted by atomic mass is 32.2. The third-order valence-corrected chi connectivity index (χ3v) is 6.30. The Balaban J connectivity index is 2.00. The van der Waals surface area contributed by atoms with E-state index in [1.54, 1.807) is 0 Å². The molecule has 0 spiro atoms. The molecule has 0 aromatic carbocycles. The van der Waals surface area contributed by atoms with Gasteiger partial charge in [0.2, 0.25) is 0 Å². The van der Waals surface area contributed by atoms with Crippen molar-refractivity contribution >= 4 is 20.4 Å². The van der Waals surface area contributed by atoms with Gasteiger partial charge >= 0.3 is 0 Å². The predicted octanol–water partition coefficient (Wildman–Crippen LogP) is -2.62. The summed E-state index contributed by atoms with van der Waals surface area (Å²) >= 11 is 0. The van der Waals surface area contributed by atoms with Crippen LogP contribution in [0, 0.1) is 0 Å². The van der Waals surface area contributed by atoms with E-state index in [0.29, 0.717) is 26.3 Å². The Labute approximate surface area is 113 Å². The fourth-order valence-electron chi connectivity index (χ4n) is 2.10. The fourth-order valence-corrected chi connectivity index (χ4v) is 4.33. The number of rotatable bonds is 3. The normalized spacial score (nSPS) is 25.5. The van der Waals surface area contributed by atoms with Crippen LogP contribution in [0.25, 0.3) is 0 Å². The van der Waals surface area contributed by atoms with Gasteiger partial charge in [0.15, 0.2) is 0 Å². The van der Waals surface area contributed by atoms with E-state index in [0.717, 1.165) is 4.31 Å². The number of piperazine rings is 1. The molecule has 9 nitrogen and oxygen atoms in total. The smallest absolute Gasteiger partial charge is 0.282 e. The Morgan fingerprint density at radius 2 is 1.16 bits per heavy atom. The summed E-state index contributed by atoms with van der Waals surface area (Å²) in [6.45, 7) is 1.85. The second-order valence-corrected chi connectivity index (χ2v) is 7.84. The van der Waals surface area contributed by atoms with E-state index in [4.69, 9.17) is 9.88 Å². The molecular weight excluding hydrogens is 296 g/mol. The van der Waals surface area contributed by atoms with E-state index in [1.807, 2.05) is 0 Å². The summed E-state index contributed by atoms with van der Waals surface area (Å²) in [5, 5.41) is 5.01. The van der Waals surface area contributed by atoms with Crippen LogP contribution in [0.5, 0.6) is 0 Å². The molecule has 112 valence electrons. The lowest BCUT2D eigenvalue weighted by Crippen LogP contribution is -2.56. The standard InChI is InChI=1S/C8H18N4O5S2/c9-18(13,14)10-1-3-11(4-2-10)19(15,16)12-5-7-17-8-6-12/h1-8H2,(H2,9,13,14). The minimum absolute atomic E-state index is 0.0857. The monoisotopic (exact) mass is 314 g/mol. The van der Waals surface area contributed by atoms with Gasteiger partial charge in [0.25, 0.3) is 20.4 Å². The van der Waals surface area contributed by atoms with Crippen LogP contribution in [0.1, 0.15) is 0 Å². The van der Waals surface area contributed by atoms with E-state index in [1.165, 1.54) is 8.61 Å². The molecule has 2 rings (SSSR count). The van der Waals surface area contributed by atoms with Gasteiger partial charge in [-0.25, -0.2) is 5.14 Å². The van der Waals surface area contributed by atoms with E-state index >= 15 is 0 Å². The molecule has 0 radical (unpaired) electrons. The minimum Gasteiger partial charge on any atom is -0.379 e. The van der Waals surface area contributed by atoms with Gasteiger partial charge in [0.1, 0.15) is 0 Å². The number of hydrogen-bond acceptors (Lipinski definition) is 5. The summed E-state index contributed by atoms with van der Waals surface area (Å²) in [6, 6.07) is 0. The molecule has 0 aromatic rings. The lowest BCUT2D eigenvalue weighted by molar-refractivity contribution is 0.0694. The number of nitrogens with two attached hydrogens (primary N) is 1. The molecule has 2 fully saturated rings. The van der Waals surface area contributed by atoms with Crippen LogP contribution in [-0.4, -0.2) is 82.2 Å². The number of nitrogens with zero attached hydrogens (tertiary/aromatic N) is 3.